The number of nitrogens with zero attached hydrogens (tertiary/aromatic N) is 1. The van der Waals surface area contributed by atoms with E-state index in [1.807, 2.05) is 105 Å². The second-order valence-electron chi connectivity index (χ2n) is 10.4. The average molecular weight is 500 g/mol. The van der Waals surface area contributed by atoms with E-state index in [9.17, 15) is 14.4 Å². The molecule has 0 bridgehead atoms. The number of benzene rings is 4. The summed E-state index contributed by atoms with van der Waals surface area (Å²) in [5, 5.41) is 1.98. The lowest BCUT2D eigenvalue weighted by Crippen LogP contribution is -2.42. The quantitative estimate of drug-likeness (QED) is 0.193. The van der Waals surface area contributed by atoms with Gasteiger partial charge in [-0.2, -0.15) is 0 Å². The SMILES string of the molecule is Cc1ccc(N2C(=O)[C@@H]3[C@@H]4C(=O)Oc5ccc6ccccc6c5C4=C[C@H](c4ccccc4)[C@@H]3C2=O)cc1C. The maximum Gasteiger partial charge on any atom is 0.319 e. The molecule has 4 aromatic carbocycles. The molecule has 1 fully saturated rings. The van der Waals surface area contributed by atoms with Crippen molar-refractivity contribution in [2.24, 2.45) is 17.8 Å². The Bertz CT molecular complexity index is 1700. The number of anilines is 1. The molecule has 5 heteroatoms. The number of ether oxygens (including phenoxy) is 1. The molecule has 0 N–H and O–H groups in total. The largest absolute Gasteiger partial charge is 0.425 e. The van der Waals surface area contributed by atoms with Gasteiger partial charge in [-0.1, -0.05) is 72.8 Å². The molecule has 1 aliphatic carbocycles. The van der Waals surface area contributed by atoms with Gasteiger partial charge < -0.3 is 4.74 Å². The van der Waals surface area contributed by atoms with E-state index in [0.29, 0.717) is 11.4 Å². The van der Waals surface area contributed by atoms with E-state index in [4.69, 9.17) is 4.74 Å². The van der Waals surface area contributed by atoms with Crippen molar-refractivity contribution in [1.29, 1.82) is 0 Å². The molecule has 0 saturated carbocycles. The molecule has 0 spiro atoms. The first-order valence-corrected chi connectivity index (χ1v) is 12.9. The third-order valence-electron chi connectivity index (χ3n) is 8.42. The Morgan fingerprint density at radius 1 is 0.737 bits per heavy atom. The summed E-state index contributed by atoms with van der Waals surface area (Å²) in [6.45, 7) is 3.96. The fourth-order valence-corrected chi connectivity index (χ4v) is 6.45. The van der Waals surface area contributed by atoms with Gasteiger partial charge in [-0.25, -0.2) is 4.90 Å². The van der Waals surface area contributed by atoms with E-state index in [0.717, 1.165) is 38.6 Å². The van der Waals surface area contributed by atoms with E-state index >= 15 is 0 Å². The van der Waals surface area contributed by atoms with E-state index in [1.54, 1.807) is 0 Å². The molecule has 3 aliphatic rings. The maximum atomic E-state index is 14.2. The average Bonchev–Trinajstić information content (AvgIpc) is 3.20. The van der Waals surface area contributed by atoms with Crippen LogP contribution in [0.15, 0.2) is 91.0 Å². The van der Waals surface area contributed by atoms with E-state index in [-0.39, 0.29) is 17.7 Å². The molecule has 2 heterocycles. The van der Waals surface area contributed by atoms with E-state index in [2.05, 4.69) is 0 Å². The van der Waals surface area contributed by atoms with Crippen LogP contribution in [0.1, 0.15) is 28.2 Å². The molecular weight excluding hydrogens is 474 g/mol. The zero-order valence-electron chi connectivity index (χ0n) is 21.0. The predicted molar refractivity (Wildman–Crippen MR) is 146 cm³/mol. The van der Waals surface area contributed by atoms with Crippen molar-refractivity contribution < 1.29 is 19.1 Å². The molecule has 4 aromatic rings. The highest BCUT2D eigenvalue weighted by molar-refractivity contribution is 6.25. The Morgan fingerprint density at radius 2 is 1.47 bits per heavy atom. The topological polar surface area (TPSA) is 63.7 Å². The summed E-state index contributed by atoms with van der Waals surface area (Å²) in [5.41, 5.74) is 5.16. The zero-order valence-corrected chi connectivity index (χ0v) is 21.0. The molecule has 186 valence electrons. The number of hydrogen-bond acceptors (Lipinski definition) is 4. The zero-order chi connectivity index (χ0) is 26.1. The molecule has 0 unspecified atom stereocenters. The highest BCUT2D eigenvalue weighted by atomic mass is 16.5. The first kappa shape index (κ1) is 22.7. The molecule has 38 heavy (non-hydrogen) atoms. The van der Waals surface area contributed by atoms with Gasteiger partial charge in [-0.3, -0.25) is 14.4 Å². The van der Waals surface area contributed by atoms with Gasteiger partial charge in [-0.05, 0) is 65.1 Å². The van der Waals surface area contributed by atoms with Crippen molar-refractivity contribution in [3.63, 3.8) is 0 Å². The first-order chi connectivity index (χ1) is 18.4. The Balaban J connectivity index is 1.46. The highest BCUT2D eigenvalue weighted by Crippen LogP contribution is 2.55. The number of carbonyl (C=O) groups excluding carboxylic acids is 3. The van der Waals surface area contributed by atoms with Gasteiger partial charge in [0.1, 0.15) is 5.75 Å². The van der Waals surface area contributed by atoms with Crippen LogP contribution in [0.4, 0.5) is 5.69 Å². The Kier molecular flexibility index (Phi) is 4.92. The Labute approximate surface area is 220 Å². The summed E-state index contributed by atoms with van der Waals surface area (Å²) < 4.78 is 5.86. The lowest BCUT2D eigenvalue weighted by atomic mass is 9.64. The predicted octanol–water partition coefficient (Wildman–Crippen LogP) is 5.98. The van der Waals surface area contributed by atoms with Crippen LogP contribution < -0.4 is 9.64 Å². The molecule has 5 nitrogen and oxygen atoms in total. The van der Waals surface area contributed by atoms with Crippen LogP contribution in [0.3, 0.4) is 0 Å². The monoisotopic (exact) mass is 499 g/mol. The summed E-state index contributed by atoms with van der Waals surface area (Å²) in [6.07, 6.45) is 2.04. The number of hydrogen-bond donors (Lipinski definition) is 0. The normalized spacial score (nSPS) is 24.0. The number of imide groups is 1. The van der Waals surface area contributed by atoms with Crippen molar-refractivity contribution in [2.75, 3.05) is 4.90 Å². The van der Waals surface area contributed by atoms with Gasteiger partial charge >= 0.3 is 5.97 Å². The maximum absolute atomic E-state index is 14.2. The van der Waals surface area contributed by atoms with Crippen LogP contribution in [0.5, 0.6) is 5.75 Å². The number of esters is 1. The summed E-state index contributed by atoms with van der Waals surface area (Å²) in [4.78, 5) is 43.1. The van der Waals surface area contributed by atoms with Crippen LogP contribution in [-0.2, 0) is 14.4 Å². The number of allylic oxidation sites excluding steroid dienone is 1. The van der Waals surface area contributed by atoms with Crippen LogP contribution in [0, 0.1) is 31.6 Å². The number of carbonyl (C=O) groups is 3. The van der Waals surface area contributed by atoms with Crippen LogP contribution in [-0.4, -0.2) is 17.8 Å². The summed E-state index contributed by atoms with van der Waals surface area (Å²) >= 11 is 0. The summed E-state index contributed by atoms with van der Waals surface area (Å²) in [7, 11) is 0. The molecule has 0 aromatic heterocycles. The van der Waals surface area contributed by atoms with Crippen LogP contribution >= 0.6 is 0 Å². The summed E-state index contributed by atoms with van der Waals surface area (Å²) in [5.74, 6) is -3.39. The number of rotatable bonds is 2. The lowest BCUT2D eigenvalue weighted by molar-refractivity contribution is -0.142. The van der Waals surface area contributed by atoms with E-state index < -0.39 is 23.7 Å². The Morgan fingerprint density at radius 3 is 2.26 bits per heavy atom. The number of aryl methyl sites for hydroxylation is 2. The molecule has 2 aliphatic heterocycles. The third kappa shape index (κ3) is 3.14. The first-order valence-electron chi connectivity index (χ1n) is 12.9. The molecule has 4 atom stereocenters. The third-order valence-corrected chi connectivity index (χ3v) is 8.42. The smallest absolute Gasteiger partial charge is 0.319 e. The minimum atomic E-state index is -0.855. The van der Waals surface area contributed by atoms with Gasteiger partial charge in [0.25, 0.3) is 0 Å². The minimum Gasteiger partial charge on any atom is -0.425 e. The minimum absolute atomic E-state index is 0.274. The van der Waals surface area contributed by atoms with Crippen molar-refractivity contribution >= 4 is 39.8 Å². The standard InChI is InChI=1S/C33H25NO4/c1-18-12-14-22(16-19(18)2)34-31(35)28-24(20-8-4-3-5-9-20)17-25-27-23-11-7-6-10-21(23)13-15-26(27)38-33(37)29(25)30(28)32(34)36/h3-17,24,28-30H,1-2H3/t24-,28+,29-,30+/m1/s1. The van der Waals surface area contributed by atoms with Gasteiger partial charge in [0.05, 0.1) is 23.4 Å². The molecular formula is C33H25NO4. The van der Waals surface area contributed by atoms with Crippen LogP contribution in [0.25, 0.3) is 16.3 Å². The second-order valence-corrected chi connectivity index (χ2v) is 10.4. The number of amides is 2. The lowest BCUT2D eigenvalue weighted by Gasteiger charge is -2.38. The molecule has 0 radical (unpaired) electrons. The highest BCUT2D eigenvalue weighted by Gasteiger charge is 2.60. The molecule has 2 amide bonds. The summed E-state index contributed by atoms with van der Waals surface area (Å²) in [6, 6.07) is 27.1. The van der Waals surface area contributed by atoms with Crippen molar-refractivity contribution in [2.45, 2.75) is 19.8 Å². The Hall–Kier alpha value is -4.51. The fraction of sp³-hybridized carbons (Fsp3) is 0.182. The van der Waals surface area contributed by atoms with Gasteiger partial charge in [0.15, 0.2) is 0 Å². The van der Waals surface area contributed by atoms with Gasteiger partial charge in [0, 0.05) is 11.5 Å². The van der Waals surface area contributed by atoms with Crippen molar-refractivity contribution in [3.05, 3.63) is 113 Å². The van der Waals surface area contributed by atoms with Gasteiger partial charge in [-0.15, -0.1) is 0 Å². The molecule has 7 rings (SSSR count). The van der Waals surface area contributed by atoms with Crippen molar-refractivity contribution in [3.8, 4) is 5.75 Å². The van der Waals surface area contributed by atoms with Crippen molar-refractivity contribution in [1.82, 2.24) is 0 Å². The van der Waals surface area contributed by atoms with E-state index in [1.165, 1.54) is 4.90 Å². The van der Waals surface area contributed by atoms with Crippen LogP contribution in [0.2, 0.25) is 0 Å². The fourth-order valence-electron chi connectivity index (χ4n) is 6.45. The van der Waals surface area contributed by atoms with Gasteiger partial charge in [0.2, 0.25) is 11.8 Å². The number of fused-ring (bicyclic) bond motifs is 7. The molecule has 1 saturated heterocycles. The second kappa shape index (κ2) is 8.25.